The second-order valence-corrected chi connectivity index (χ2v) is 6.70. The summed E-state index contributed by atoms with van der Waals surface area (Å²) >= 11 is 0. The number of pyridine rings is 1. The average molecular weight is 332 g/mol. The number of nitrogens with one attached hydrogen (secondary N) is 1. The van der Waals surface area contributed by atoms with Gasteiger partial charge in [0.1, 0.15) is 5.82 Å². The van der Waals surface area contributed by atoms with Crippen molar-refractivity contribution in [2.24, 2.45) is 0 Å². The number of amides is 2. The number of hydrogen-bond donors (Lipinski definition) is 1. The monoisotopic (exact) mass is 332 g/mol. The summed E-state index contributed by atoms with van der Waals surface area (Å²) in [5.74, 6) is 1.05. The molecule has 6 heteroatoms. The van der Waals surface area contributed by atoms with Crippen molar-refractivity contribution in [3.05, 3.63) is 23.9 Å². The molecular formula is C18H28N4O2. The lowest BCUT2D eigenvalue weighted by Gasteiger charge is -2.33. The van der Waals surface area contributed by atoms with Crippen molar-refractivity contribution in [1.29, 1.82) is 0 Å². The van der Waals surface area contributed by atoms with Crippen molar-refractivity contribution in [1.82, 2.24) is 15.2 Å². The van der Waals surface area contributed by atoms with Gasteiger partial charge in [-0.15, -0.1) is 0 Å². The third-order valence-corrected chi connectivity index (χ3v) is 4.81. The smallest absolute Gasteiger partial charge is 0.318 e. The first-order chi connectivity index (χ1) is 11.7. The first kappa shape index (κ1) is 17.0. The summed E-state index contributed by atoms with van der Waals surface area (Å²) in [6, 6.07) is 4.24. The predicted molar refractivity (Wildman–Crippen MR) is 94.1 cm³/mol. The van der Waals surface area contributed by atoms with E-state index in [4.69, 9.17) is 4.74 Å². The fraction of sp³-hybridized carbons (Fsp3) is 0.667. The number of hydrogen-bond acceptors (Lipinski definition) is 4. The van der Waals surface area contributed by atoms with Gasteiger partial charge in [0.2, 0.25) is 0 Å². The van der Waals surface area contributed by atoms with Gasteiger partial charge in [-0.3, -0.25) is 0 Å². The molecule has 24 heavy (non-hydrogen) atoms. The summed E-state index contributed by atoms with van der Waals surface area (Å²) < 4.78 is 5.37. The third kappa shape index (κ3) is 4.38. The minimum Gasteiger partial charge on any atom is -0.377 e. The molecule has 2 amide bonds. The Kier molecular flexibility index (Phi) is 5.91. The maximum Gasteiger partial charge on any atom is 0.318 e. The molecule has 0 aliphatic carbocycles. The van der Waals surface area contributed by atoms with Crippen molar-refractivity contribution >= 4 is 11.8 Å². The first-order valence-corrected chi connectivity index (χ1v) is 9.06. The Morgan fingerprint density at radius 1 is 1.25 bits per heavy atom. The molecule has 0 spiro atoms. The number of ether oxygens (including phenoxy) is 1. The average Bonchev–Trinajstić information content (AvgIpc) is 2.90. The summed E-state index contributed by atoms with van der Waals surface area (Å²) in [6.45, 7) is 6.59. The van der Waals surface area contributed by atoms with E-state index in [1.54, 1.807) is 0 Å². The number of nitrogens with zero attached hydrogens (tertiary/aromatic N) is 3. The molecule has 3 rings (SSSR count). The molecule has 0 bridgehead atoms. The normalized spacial score (nSPS) is 22.1. The van der Waals surface area contributed by atoms with Crippen molar-refractivity contribution in [3.8, 4) is 0 Å². The molecular weight excluding hydrogens is 304 g/mol. The van der Waals surface area contributed by atoms with Gasteiger partial charge in [-0.2, -0.15) is 0 Å². The third-order valence-electron chi connectivity index (χ3n) is 4.81. The van der Waals surface area contributed by atoms with Crippen molar-refractivity contribution in [3.63, 3.8) is 0 Å². The van der Waals surface area contributed by atoms with Crippen LogP contribution in [0.5, 0.6) is 0 Å². The molecule has 2 saturated heterocycles. The summed E-state index contributed by atoms with van der Waals surface area (Å²) in [7, 11) is 0. The summed E-state index contributed by atoms with van der Waals surface area (Å²) in [6.07, 6.45) is 7.01. The number of carbonyl (C=O) groups is 1. The largest absolute Gasteiger partial charge is 0.377 e. The van der Waals surface area contributed by atoms with Crippen LogP contribution < -0.4 is 10.2 Å². The quantitative estimate of drug-likeness (QED) is 0.923. The van der Waals surface area contributed by atoms with Crippen LogP contribution in [0.1, 0.15) is 38.2 Å². The Morgan fingerprint density at radius 3 is 2.71 bits per heavy atom. The number of rotatable bonds is 3. The van der Waals surface area contributed by atoms with Crippen molar-refractivity contribution in [2.45, 2.75) is 45.2 Å². The number of urea groups is 1. The summed E-state index contributed by atoms with van der Waals surface area (Å²) in [5, 5.41) is 2.99. The maximum atomic E-state index is 12.3. The topological polar surface area (TPSA) is 57.7 Å². The van der Waals surface area contributed by atoms with Crippen molar-refractivity contribution < 1.29 is 9.53 Å². The summed E-state index contributed by atoms with van der Waals surface area (Å²) in [5.41, 5.74) is 1.03. The lowest BCUT2D eigenvalue weighted by atomic mass is 10.2. The van der Waals surface area contributed by atoms with E-state index in [1.165, 1.54) is 25.7 Å². The van der Waals surface area contributed by atoms with Crippen LogP contribution in [0.2, 0.25) is 0 Å². The fourth-order valence-electron chi connectivity index (χ4n) is 3.32. The van der Waals surface area contributed by atoms with Crippen molar-refractivity contribution in [2.75, 3.05) is 37.7 Å². The van der Waals surface area contributed by atoms with Crippen LogP contribution in [0.25, 0.3) is 0 Å². The zero-order valence-corrected chi connectivity index (χ0v) is 14.5. The lowest BCUT2D eigenvalue weighted by molar-refractivity contribution is 0.0190. The molecule has 0 unspecified atom stereocenters. The van der Waals surface area contributed by atoms with E-state index in [0.29, 0.717) is 26.3 Å². The van der Waals surface area contributed by atoms with Gasteiger partial charge in [0.15, 0.2) is 0 Å². The Bertz CT molecular complexity index is 526. The minimum atomic E-state index is -0.0256. The van der Waals surface area contributed by atoms with E-state index >= 15 is 0 Å². The summed E-state index contributed by atoms with van der Waals surface area (Å²) in [4.78, 5) is 21.1. The van der Waals surface area contributed by atoms with Crippen LogP contribution in [-0.4, -0.2) is 54.8 Å². The molecule has 1 N–H and O–H groups in total. The molecule has 6 nitrogen and oxygen atoms in total. The second kappa shape index (κ2) is 8.33. The minimum absolute atomic E-state index is 0.0256. The van der Waals surface area contributed by atoms with E-state index in [0.717, 1.165) is 24.5 Å². The molecule has 132 valence electrons. The molecule has 2 aliphatic heterocycles. The molecule has 3 heterocycles. The maximum absolute atomic E-state index is 12.3. The van der Waals surface area contributed by atoms with Crippen LogP contribution in [0.15, 0.2) is 18.3 Å². The standard InChI is InChI=1S/C18H28N4O2/c1-15-14-24-11-10-22(15)18(23)20-13-16-6-7-17(19-12-16)21-8-4-2-3-5-9-21/h6-7,12,15H,2-5,8-11,13-14H2,1H3,(H,20,23)/t15-/m1/s1. The highest BCUT2D eigenvalue weighted by Crippen LogP contribution is 2.17. The van der Waals surface area contributed by atoms with E-state index in [9.17, 15) is 4.79 Å². The number of anilines is 1. The fourth-order valence-corrected chi connectivity index (χ4v) is 3.32. The van der Waals surface area contributed by atoms with E-state index in [1.807, 2.05) is 18.0 Å². The Labute approximate surface area is 144 Å². The molecule has 0 radical (unpaired) electrons. The molecule has 2 fully saturated rings. The van der Waals surface area contributed by atoms with E-state index in [-0.39, 0.29) is 12.1 Å². The number of carbonyl (C=O) groups excluding carboxylic acids is 1. The molecule has 0 aromatic carbocycles. The van der Waals surface area contributed by atoms with Gasteiger partial charge in [-0.25, -0.2) is 9.78 Å². The van der Waals surface area contributed by atoms with Gasteiger partial charge >= 0.3 is 6.03 Å². The highest BCUT2D eigenvalue weighted by Gasteiger charge is 2.23. The van der Waals surface area contributed by atoms with Gasteiger partial charge in [-0.05, 0) is 31.4 Å². The molecule has 0 saturated carbocycles. The van der Waals surface area contributed by atoms with Crippen LogP contribution in [-0.2, 0) is 11.3 Å². The van der Waals surface area contributed by atoms with Gasteiger partial charge < -0.3 is 19.9 Å². The van der Waals surface area contributed by atoms with Crippen LogP contribution >= 0.6 is 0 Å². The number of aromatic nitrogens is 1. The second-order valence-electron chi connectivity index (χ2n) is 6.70. The molecule has 1 atom stereocenters. The zero-order chi connectivity index (χ0) is 16.8. The molecule has 1 aromatic rings. The Balaban J connectivity index is 1.51. The molecule has 1 aromatic heterocycles. The zero-order valence-electron chi connectivity index (χ0n) is 14.5. The highest BCUT2D eigenvalue weighted by molar-refractivity contribution is 5.74. The Hall–Kier alpha value is -1.82. The first-order valence-electron chi connectivity index (χ1n) is 9.06. The van der Waals surface area contributed by atoms with Gasteiger partial charge in [-0.1, -0.05) is 18.9 Å². The van der Waals surface area contributed by atoms with Gasteiger partial charge in [0, 0.05) is 32.4 Å². The van der Waals surface area contributed by atoms with Crippen LogP contribution in [0.4, 0.5) is 10.6 Å². The number of morpholine rings is 1. The van der Waals surface area contributed by atoms with Crippen LogP contribution in [0.3, 0.4) is 0 Å². The van der Waals surface area contributed by atoms with Gasteiger partial charge in [0.05, 0.1) is 19.3 Å². The molecule has 2 aliphatic rings. The van der Waals surface area contributed by atoms with Crippen LogP contribution in [0, 0.1) is 0 Å². The lowest BCUT2D eigenvalue weighted by Crippen LogP contribution is -2.51. The van der Waals surface area contributed by atoms with E-state index < -0.39 is 0 Å². The predicted octanol–water partition coefficient (Wildman–Crippen LogP) is 2.39. The Morgan fingerprint density at radius 2 is 2.04 bits per heavy atom. The highest BCUT2D eigenvalue weighted by atomic mass is 16.5. The van der Waals surface area contributed by atoms with E-state index in [2.05, 4.69) is 27.3 Å². The SMILES string of the molecule is C[C@@H]1COCCN1C(=O)NCc1ccc(N2CCCCCC2)nc1. The van der Waals surface area contributed by atoms with Gasteiger partial charge in [0.25, 0.3) is 0 Å².